The lowest BCUT2D eigenvalue weighted by Crippen LogP contribution is -2.32. The summed E-state index contributed by atoms with van der Waals surface area (Å²) in [6.45, 7) is -0.178. The molecule has 1 fully saturated rings. The first-order valence-corrected chi connectivity index (χ1v) is 8.94. The average Bonchev–Trinajstić information content (AvgIpc) is 2.97. The van der Waals surface area contributed by atoms with E-state index in [0.717, 1.165) is 25.7 Å². The third-order valence-corrected chi connectivity index (χ3v) is 5.34. The van der Waals surface area contributed by atoms with Gasteiger partial charge in [0.15, 0.2) is 6.61 Å². The standard InChI is InChI=1S/C14H19ClN2O4S/c1-16-14(18)9-21-13-7-6-11(8-12(13)15)22(19,20)17-10-4-2-3-5-10/h6-8,10,17H,2-5,9H2,1H3,(H,16,18). The number of nitrogens with one attached hydrogen (secondary N) is 2. The SMILES string of the molecule is CNC(=O)COc1ccc(S(=O)(=O)NC2CCCC2)cc1Cl. The van der Waals surface area contributed by atoms with Crippen LogP contribution in [0.25, 0.3) is 0 Å². The molecule has 0 bridgehead atoms. The van der Waals surface area contributed by atoms with Crippen LogP contribution in [0.1, 0.15) is 25.7 Å². The molecule has 6 nitrogen and oxygen atoms in total. The van der Waals surface area contributed by atoms with Crippen molar-refractivity contribution in [3.05, 3.63) is 23.2 Å². The summed E-state index contributed by atoms with van der Waals surface area (Å²) in [5.74, 6) is -0.0271. The molecule has 1 amide bonds. The van der Waals surface area contributed by atoms with Gasteiger partial charge in [0.05, 0.1) is 9.92 Å². The number of carbonyl (C=O) groups excluding carboxylic acids is 1. The van der Waals surface area contributed by atoms with Gasteiger partial charge in [-0.25, -0.2) is 13.1 Å². The Hall–Kier alpha value is -1.31. The second kappa shape index (κ2) is 7.30. The zero-order valence-electron chi connectivity index (χ0n) is 12.3. The largest absolute Gasteiger partial charge is 0.482 e. The minimum absolute atomic E-state index is 0.00653. The molecule has 0 radical (unpaired) electrons. The van der Waals surface area contributed by atoms with Crippen molar-refractivity contribution >= 4 is 27.5 Å². The van der Waals surface area contributed by atoms with Crippen LogP contribution in [-0.2, 0) is 14.8 Å². The summed E-state index contributed by atoms with van der Waals surface area (Å²) in [5, 5.41) is 2.57. The predicted octanol–water partition coefficient (Wildman–Crippen LogP) is 1.69. The first-order valence-electron chi connectivity index (χ1n) is 7.07. The average molecular weight is 347 g/mol. The van der Waals surface area contributed by atoms with Gasteiger partial charge in [-0.05, 0) is 31.0 Å². The molecule has 22 heavy (non-hydrogen) atoms. The molecular formula is C14H19ClN2O4S. The predicted molar refractivity (Wildman–Crippen MR) is 83.6 cm³/mol. The molecule has 122 valence electrons. The maximum Gasteiger partial charge on any atom is 0.257 e. The smallest absolute Gasteiger partial charge is 0.257 e. The monoisotopic (exact) mass is 346 g/mol. The Morgan fingerprint density at radius 3 is 2.64 bits per heavy atom. The van der Waals surface area contributed by atoms with Crippen molar-refractivity contribution in [1.29, 1.82) is 0 Å². The van der Waals surface area contributed by atoms with Crippen LogP contribution >= 0.6 is 11.6 Å². The minimum atomic E-state index is -3.59. The Kier molecular flexibility index (Phi) is 5.66. The number of carbonyl (C=O) groups is 1. The van der Waals surface area contributed by atoms with Gasteiger partial charge < -0.3 is 10.1 Å². The van der Waals surface area contributed by atoms with Crippen LogP contribution < -0.4 is 14.8 Å². The highest BCUT2D eigenvalue weighted by Crippen LogP contribution is 2.28. The van der Waals surface area contributed by atoms with Crippen molar-refractivity contribution in [3.63, 3.8) is 0 Å². The summed E-state index contributed by atoms with van der Waals surface area (Å²) in [4.78, 5) is 11.2. The highest BCUT2D eigenvalue weighted by Gasteiger charge is 2.23. The summed E-state index contributed by atoms with van der Waals surface area (Å²) in [7, 11) is -2.09. The fraction of sp³-hybridized carbons (Fsp3) is 0.500. The molecule has 8 heteroatoms. The van der Waals surface area contributed by atoms with Gasteiger partial charge in [0.1, 0.15) is 5.75 Å². The lowest BCUT2D eigenvalue weighted by Gasteiger charge is -2.13. The highest BCUT2D eigenvalue weighted by atomic mass is 35.5. The molecule has 0 atom stereocenters. The zero-order chi connectivity index (χ0) is 16.2. The molecule has 0 unspecified atom stereocenters. The fourth-order valence-corrected chi connectivity index (χ4v) is 3.94. The topological polar surface area (TPSA) is 84.5 Å². The molecule has 0 saturated heterocycles. The molecule has 1 aliphatic rings. The van der Waals surface area contributed by atoms with Gasteiger partial charge in [-0.1, -0.05) is 24.4 Å². The van der Waals surface area contributed by atoms with Gasteiger partial charge in [-0.15, -0.1) is 0 Å². The number of hydrogen-bond donors (Lipinski definition) is 2. The van der Waals surface area contributed by atoms with Crippen molar-refractivity contribution in [2.75, 3.05) is 13.7 Å². The number of rotatable bonds is 6. The second-order valence-electron chi connectivity index (χ2n) is 5.16. The van der Waals surface area contributed by atoms with Crippen LogP contribution in [0.5, 0.6) is 5.75 Å². The normalized spacial score (nSPS) is 15.7. The number of halogens is 1. The number of likely N-dealkylation sites (N-methyl/N-ethyl adjacent to an activating group) is 1. The van der Waals surface area contributed by atoms with Gasteiger partial charge in [-0.3, -0.25) is 4.79 Å². The first-order chi connectivity index (χ1) is 10.4. The minimum Gasteiger partial charge on any atom is -0.482 e. The van der Waals surface area contributed by atoms with E-state index in [1.807, 2.05) is 0 Å². The molecule has 0 aliphatic heterocycles. The van der Waals surface area contributed by atoms with Crippen molar-refractivity contribution in [1.82, 2.24) is 10.0 Å². The molecule has 2 N–H and O–H groups in total. The summed E-state index contributed by atoms with van der Waals surface area (Å²) in [5.41, 5.74) is 0. The van der Waals surface area contributed by atoms with Crippen molar-refractivity contribution < 1.29 is 17.9 Å². The summed E-state index contributed by atoms with van der Waals surface area (Å²) in [6, 6.07) is 4.20. The van der Waals surface area contributed by atoms with E-state index < -0.39 is 10.0 Å². The lowest BCUT2D eigenvalue weighted by atomic mass is 10.3. The van der Waals surface area contributed by atoms with Gasteiger partial charge in [0.25, 0.3) is 5.91 Å². The molecule has 0 heterocycles. The van der Waals surface area contributed by atoms with E-state index in [9.17, 15) is 13.2 Å². The molecule has 1 aromatic rings. The molecule has 0 aromatic heterocycles. The fourth-order valence-electron chi connectivity index (χ4n) is 2.31. The van der Waals surface area contributed by atoms with Crippen LogP contribution in [0.3, 0.4) is 0 Å². The molecule has 1 aliphatic carbocycles. The van der Waals surface area contributed by atoms with E-state index in [1.54, 1.807) is 0 Å². The van der Waals surface area contributed by atoms with E-state index in [2.05, 4.69) is 10.0 Å². The Bertz CT molecular complexity index is 642. The van der Waals surface area contributed by atoms with Crippen molar-refractivity contribution in [2.24, 2.45) is 0 Å². The second-order valence-corrected chi connectivity index (χ2v) is 7.28. The van der Waals surface area contributed by atoms with Crippen LogP contribution in [0.15, 0.2) is 23.1 Å². The van der Waals surface area contributed by atoms with E-state index in [0.29, 0.717) is 0 Å². The van der Waals surface area contributed by atoms with Crippen LogP contribution in [0.2, 0.25) is 5.02 Å². The third-order valence-electron chi connectivity index (χ3n) is 3.53. The molecule has 1 aromatic carbocycles. The zero-order valence-corrected chi connectivity index (χ0v) is 13.8. The number of hydrogen-bond acceptors (Lipinski definition) is 4. The van der Waals surface area contributed by atoms with Crippen molar-refractivity contribution in [2.45, 2.75) is 36.6 Å². The third kappa shape index (κ3) is 4.34. The van der Waals surface area contributed by atoms with Crippen molar-refractivity contribution in [3.8, 4) is 5.75 Å². The molecular weight excluding hydrogens is 328 g/mol. The number of ether oxygens (including phenoxy) is 1. The number of sulfonamides is 1. The van der Waals surface area contributed by atoms with E-state index in [-0.39, 0.29) is 34.2 Å². The summed E-state index contributed by atoms with van der Waals surface area (Å²) in [6.07, 6.45) is 3.81. The Labute approximate surface area is 135 Å². The summed E-state index contributed by atoms with van der Waals surface area (Å²) >= 11 is 6.03. The van der Waals surface area contributed by atoms with E-state index in [4.69, 9.17) is 16.3 Å². The Morgan fingerprint density at radius 1 is 1.36 bits per heavy atom. The Morgan fingerprint density at radius 2 is 2.05 bits per heavy atom. The molecule has 1 saturated carbocycles. The molecule has 2 rings (SSSR count). The van der Waals surface area contributed by atoms with Gasteiger partial charge in [0.2, 0.25) is 10.0 Å². The van der Waals surface area contributed by atoms with E-state index >= 15 is 0 Å². The highest BCUT2D eigenvalue weighted by molar-refractivity contribution is 7.89. The van der Waals surface area contributed by atoms with Gasteiger partial charge in [-0.2, -0.15) is 0 Å². The maximum absolute atomic E-state index is 12.3. The quantitative estimate of drug-likeness (QED) is 0.820. The van der Waals surface area contributed by atoms with Crippen LogP contribution in [0, 0.1) is 0 Å². The maximum atomic E-state index is 12.3. The van der Waals surface area contributed by atoms with Crippen LogP contribution in [0.4, 0.5) is 0 Å². The Balaban J connectivity index is 2.08. The van der Waals surface area contributed by atoms with Gasteiger partial charge >= 0.3 is 0 Å². The molecule has 0 spiro atoms. The number of benzene rings is 1. The first kappa shape index (κ1) is 17.1. The van der Waals surface area contributed by atoms with Crippen LogP contribution in [-0.4, -0.2) is 34.0 Å². The van der Waals surface area contributed by atoms with Gasteiger partial charge in [0, 0.05) is 13.1 Å². The van der Waals surface area contributed by atoms with E-state index in [1.165, 1.54) is 25.2 Å². The summed E-state index contributed by atoms with van der Waals surface area (Å²) < 4.78 is 32.5. The number of amides is 1. The lowest BCUT2D eigenvalue weighted by molar-refractivity contribution is -0.122.